The van der Waals surface area contributed by atoms with Crippen molar-refractivity contribution in [2.24, 2.45) is 5.92 Å². The van der Waals surface area contributed by atoms with Gasteiger partial charge < -0.3 is 9.64 Å². The molecule has 20 heavy (non-hydrogen) atoms. The Morgan fingerprint density at radius 2 is 2.20 bits per heavy atom. The van der Waals surface area contributed by atoms with Crippen molar-refractivity contribution in [2.75, 3.05) is 25.1 Å². The first-order valence-corrected chi connectivity index (χ1v) is 7.88. The van der Waals surface area contributed by atoms with Gasteiger partial charge in [-0.05, 0) is 25.2 Å². The van der Waals surface area contributed by atoms with Crippen LogP contribution < -0.4 is 4.90 Å². The van der Waals surface area contributed by atoms with Gasteiger partial charge in [0.2, 0.25) is 0 Å². The van der Waals surface area contributed by atoms with E-state index in [1.54, 1.807) is 7.11 Å². The quantitative estimate of drug-likeness (QED) is 0.777. The molecule has 1 saturated heterocycles. The van der Waals surface area contributed by atoms with E-state index in [-0.39, 0.29) is 0 Å². The molecule has 0 aromatic carbocycles. The summed E-state index contributed by atoms with van der Waals surface area (Å²) in [6.45, 7) is 4.79. The van der Waals surface area contributed by atoms with Gasteiger partial charge in [0.15, 0.2) is 5.82 Å². The minimum absolute atomic E-state index is 0.403. The summed E-state index contributed by atoms with van der Waals surface area (Å²) in [4.78, 5) is 11.1. The van der Waals surface area contributed by atoms with Crippen molar-refractivity contribution in [1.29, 1.82) is 0 Å². The Bertz CT molecular complexity index is 428. The number of rotatable bonds is 5. The van der Waals surface area contributed by atoms with Crippen LogP contribution in [0.25, 0.3) is 0 Å². The highest BCUT2D eigenvalue weighted by Gasteiger charge is 2.18. The maximum absolute atomic E-state index is 6.09. The summed E-state index contributed by atoms with van der Waals surface area (Å²) >= 11 is 6.09. The molecule has 1 fully saturated rings. The van der Waals surface area contributed by atoms with Crippen LogP contribution in [0.1, 0.15) is 44.9 Å². The lowest BCUT2D eigenvalue weighted by atomic mass is 9.96. The molecule has 1 aliphatic heterocycles. The molecule has 0 radical (unpaired) electrons. The number of anilines is 1. The maximum Gasteiger partial charge on any atom is 0.158 e. The molecule has 1 aromatic heterocycles. The number of hydrogen-bond acceptors (Lipinski definition) is 4. The fourth-order valence-electron chi connectivity index (χ4n) is 2.90. The SMILES string of the molecule is CCCC1CCCN(c2cc(Cl)nc(COC)n2)CC1. The van der Waals surface area contributed by atoms with Crippen molar-refractivity contribution in [2.45, 2.75) is 45.6 Å². The molecule has 2 heterocycles. The van der Waals surface area contributed by atoms with Gasteiger partial charge in [0.25, 0.3) is 0 Å². The first-order valence-electron chi connectivity index (χ1n) is 7.50. The van der Waals surface area contributed by atoms with E-state index < -0.39 is 0 Å². The number of aromatic nitrogens is 2. The third-order valence-electron chi connectivity index (χ3n) is 3.87. The molecule has 1 unspecified atom stereocenters. The minimum Gasteiger partial charge on any atom is -0.377 e. The highest BCUT2D eigenvalue weighted by molar-refractivity contribution is 6.29. The number of halogens is 1. The third-order valence-corrected chi connectivity index (χ3v) is 4.06. The molecule has 1 aromatic rings. The van der Waals surface area contributed by atoms with Crippen LogP contribution in [0.5, 0.6) is 0 Å². The Hall–Kier alpha value is -0.870. The van der Waals surface area contributed by atoms with Crippen molar-refractivity contribution >= 4 is 17.4 Å². The topological polar surface area (TPSA) is 38.2 Å². The number of methoxy groups -OCH3 is 1. The van der Waals surface area contributed by atoms with Crippen LogP contribution in [-0.4, -0.2) is 30.2 Å². The molecule has 0 amide bonds. The molecule has 0 spiro atoms. The van der Waals surface area contributed by atoms with E-state index in [0.717, 1.165) is 24.8 Å². The van der Waals surface area contributed by atoms with Gasteiger partial charge >= 0.3 is 0 Å². The first-order chi connectivity index (χ1) is 9.72. The Morgan fingerprint density at radius 1 is 1.35 bits per heavy atom. The molecule has 0 saturated carbocycles. The summed E-state index contributed by atoms with van der Waals surface area (Å²) in [5, 5.41) is 0.497. The normalized spacial score (nSPS) is 19.9. The average molecular weight is 298 g/mol. The Morgan fingerprint density at radius 3 is 2.95 bits per heavy atom. The largest absolute Gasteiger partial charge is 0.377 e. The van der Waals surface area contributed by atoms with Crippen LogP contribution in [0.3, 0.4) is 0 Å². The molecule has 1 aliphatic rings. The van der Waals surface area contributed by atoms with E-state index in [1.165, 1.54) is 32.1 Å². The third kappa shape index (κ3) is 4.32. The van der Waals surface area contributed by atoms with Gasteiger partial charge in [-0.25, -0.2) is 9.97 Å². The Labute approximate surface area is 126 Å². The molecular weight excluding hydrogens is 274 g/mol. The predicted molar refractivity (Wildman–Crippen MR) is 82.2 cm³/mol. The zero-order valence-electron chi connectivity index (χ0n) is 12.4. The zero-order valence-corrected chi connectivity index (χ0v) is 13.2. The van der Waals surface area contributed by atoms with Crippen LogP contribution in [0.15, 0.2) is 6.07 Å². The lowest BCUT2D eigenvalue weighted by molar-refractivity contribution is 0.178. The fraction of sp³-hybridized carbons (Fsp3) is 0.733. The van der Waals surface area contributed by atoms with Crippen molar-refractivity contribution < 1.29 is 4.74 Å². The summed E-state index contributed by atoms with van der Waals surface area (Å²) in [5.74, 6) is 2.46. The van der Waals surface area contributed by atoms with E-state index in [1.807, 2.05) is 6.07 Å². The van der Waals surface area contributed by atoms with Gasteiger partial charge in [0.05, 0.1) is 0 Å². The Balaban J connectivity index is 2.07. The van der Waals surface area contributed by atoms with Gasteiger partial charge in [0, 0.05) is 26.3 Å². The summed E-state index contributed by atoms with van der Waals surface area (Å²) in [5.41, 5.74) is 0. The van der Waals surface area contributed by atoms with Crippen LogP contribution >= 0.6 is 11.6 Å². The molecular formula is C15H24ClN3O. The molecule has 4 nitrogen and oxygen atoms in total. The zero-order chi connectivity index (χ0) is 14.4. The highest BCUT2D eigenvalue weighted by Crippen LogP contribution is 2.25. The lowest BCUT2D eigenvalue weighted by Gasteiger charge is -2.22. The van der Waals surface area contributed by atoms with E-state index in [9.17, 15) is 0 Å². The van der Waals surface area contributed by atoms with Crippen molar-refractivity contribution in [1.82, 2.24) is 9.97 Å². The second-order valence-electron chi connectivity index (χ2n) is 5.47. The Kier molecular flexibility index (Phi) is 6.05. The first kappa shape index (κ1) is 15.5. The fourth-order valence-corrected chi connectivity index (χ4v) is 3.09. The second kappa shape index (κ2) is 7.79. The molecule has 0 N–H and O–H groups in total. The average Bonchev–Trinajstić information content (AvgIpc) is 2.65. The predicted octanol–water partition coefficient (Wildman–Crippen LogP) is 3.68. The molecule has 0 bridgehead atoms. The van der Waals surface area contributed by atoms with Gasteiger partial charge in [-0.2, -0.15) is 0 Å². The molecule has 1 atom stereocenters. The van der Waals surface area contributed by atoms with E-state index in [2.05, 4.69) is 21.8 Å². The highest BCUT2D eigenvalue weighted by atomic mass is 35.5. The van der Waals surface area contributed by atoms with Crippen molar-refractivity contribution in [3.63, 3.8) is 0 Å². The van der Waals surface area contributed by atoms with E-state index in [0.29, 0.717) is 17.6 Å². The summed E-state index contributed by atoms with van der Waals surface area (Å²) in [6.07, 6.45) is 6.42. The van der Waals surface area contributed by atoms with Gasteiger partial charge in [0.1, 0.15) is 17.6 Å². The lowest BCUT2D eigenvalue weighted by Crippen LogP contribution is -2.25. The van der Waals surface area contributed by atoms with E-state index >= 15 is 0 Å². The smallest absolute Gasteiger partial charge is 0.158 e. The monoisotopic (exact) mass is 297 g/mol. The number of nitrogens with zero attached hydrogens (tertiary/aromatic N) is 3. The van der Waals surface area contributed by atoms with E-state index in [4.69, 9.17) is 16.3 Å². The van der Waals surface area contributed by atoms with Crippen LogP contribution in [0.4, 0.5) is 5.82 Å². The second-order valence-corrected chi connectivity index (χ2v) is 5.86. The number of hydrogen-bond donors (Lipinski definition) is 0. The minimum atomic E-state index is 0.403. The van der Waals surface area contributed by atoms with Gasteiger partial charge in [-0.15, -0.1) is 0 Å². The summed E-state index contributed by atoms with van der Waals surface area (Å²) < 4.78 is 5.10. The number of ether oxygens (including phenoxy) is 1. The summed E-state index contributed by atoms with van der Waals surface area (Å²) in [7, 11) is 1.64. The molecule has 2 rings (SSSR count). The van der Waals surface area contributed by atoms with Crippen molar-refractivity contribution in [3.8, 4) is 0 Å². The maximum atomic E-state index is 6.09. The molecule has 112 valence electrons. The van der Waals surface area contributed by atoms with Gasteiger partial charge in [-0.3, -0.25) is 0 Å². The van der Waals surface area contributed by atoms with Crippen LogP contribution in [-0.2, 0) is 11.3 Å². The molecule has 0 aliphatic carbocycles. The van der Waals surface area contributed by atoms with Crippen molar-refractivity contribution in [3.05, 3.63) is 17.0 Å². The molecule has 5 heteroatoms. The summed E-state index contributed by atoms with van der Waals surface area (Å²) in [6, 6.07) is 1.86. The standard InChI is InChI=1S/C15H24ClN3O/c1-3-5-12-6-4-8-19(9-7-12)15-10-13(16)17-14(18-15)11-20-2/h10,12H,3-9,11H2,1-2H3. The van der Waals surface area contributed by atoms with Crippen LogP contribution in [0, 0.1) is 5.92 Å². The van der Waals surface area contributed by atoms with Gasteiger partial charge in [-0.1, -0.05) is 31.4 Å². The van der Waals surface area contributed by atoms with Crippen LogP contribution in [0.2, 0.25) is 5.15 Å².